The molecule has 0 radical (unpaired) electrons. The lowest BCUT2D eigenvalue weighted by molar-refractivity contribution is 1.24. The van der Waals surface area contributed by atoms with E-state index in [9.17, 15) is 0 Å². The van der Waals surface area contributed by atoms with E-state index in [1.54, 1.807) is 6.20 Å². The minimum absolute atomic E-state index is 0.768. The Morgan fingerprint density at radius 3 is 2.67 bits per heavy atom. The van der Waals surface area contributed by atoms with Crippen molar-refractivity contribution in [1.82, 2.24) is 9.97 Å². The van der Waals surface area contributed by atoms with Crippen LogP contribution in [0, 0.1) is 6.92 Å². The van der Waals surface area contributed by atoms with Gasteiger partial charge < -0.3 is 10.3 Å². The maximum atomic E-state index is 4.23. The highest BCUT2D eigenvalue weighted by atomic mass is 79.9. The molecule has 0 saturated carbocycles. The van der Waals surface area contributed by atoms with Crippen molar-refractivity contribution in [3.05, 3.63) is 52.8 Å². The molecular weight excluding hydrogens is 290 g/mol. The largest absolute Gasteiger partial charge is 0.328 e. The molecule has 0 aliphatic heterocycles. The highest BCUT2D eigenvalue weighted by Gasteiger charge is 2.00. The molecule has 1 heterocycles. The van der Waals surface area contributed by atoms with Crippen LogP contribution < -0.4 is 5.32 Å². The van der Waals surface area contributed by atoms with Gasteiger partial charge in [-0.1, -0.05) is 28.1 Å². The van der Waals surface area contributed by atoms with Crippen LogP contribution in [0.15, 0.2) is 47.1 Å². The molecule has 2 N–H and O–H groups in total. The van der Waals surface area contributed by atoms with Gasteiger partial charge in [-0.3, -0.25) is 0 Å². The quantitative estimate of drug-likeness (QED) is 0.737. The van der Waals surface area contributed by atoms with Crippen LogP contribution in [0.4, 0.5) is 11.6 Å². The Hall–Kier alpha value is -1.81. The topological polar surface area (TPSA) is 40.7 Å². The monoisotopic (exact) mass is 301 g/mol. The highest BCUT2D eigenvalue weighted by molar-refractivity contribution is 9.10. The molecule has 0 saturated heterocycles. The summed E-state index contributed by atoms with van der Waals surface area (Å²) in [5.41, 5.74) is 2.07. The zero-order valence-corrected chi connectivity index (χ0v) is 11.5. The summed E-state index contributed by atoms with van der Waals surface area (Å²) in [5.74, 6) is 0.768. The van der Waals surface area contributed by atoms with Gasteiger partial charge in [-0.15, -0.1) is 0 Å². The van der Waals surface area contributed by atoms with Crippen molar-refractivity contribution in [2.45, 2.75) is 6.92 Å². The van der Waals surface area contributed by atoms with Crippen molar-refractivity contribution < 1.29 is 0 Å². The molecule has 0 unspecified atom stereocenters. The number of hydrogen-bond donors (Lipinski definition) is 2. The second-order valence-electron chi connectivity index (χ2n) is 4.25. The van der Waals surface area contributed by atoms with Crippen molar-refractivity contribution >= 4 is 38.3 Å². The van der Waals surface area contributed by atoms with Crippen molar-refractivity contribution in [2.75, 3.05) is 5.32 Å². The van der Waals surface area contributed by atoms with Crippen molar-refractivity contribution in [3.63, 3.8) is 0 Å². The predicted octanol–water partition coefficient (Wildman–Crippen LogP) is 4.38. The van der Waals surface area contributed by atoms with Gasteiger partial charge in [0.15, 0.2) is 0 Å². The van der Waals surface area contributed by atoms with Gasteiger partial charge in [-0.25, -0.2) is 4.98 Å². The Bertz CT molecular complexity index is 703. The number of nitrogens with one attached hydrogen (secondary N) is 2. The molecule has 0 atom stereocenters. The molecule has 0 aliphatic carbocycles. The van der Waals surface area contributed by atoms with Crippen LogP contribution in [-0.2, 0) is 0 Å². The lowest BCUT2D eigenvalue weighted by Crippen LogP contribution is -1.92. The normalized spacial score (nSPS) is 10.8. The number of nitrogens with zero attached hydrogens (tertiary/aromatic N) is 1. The number of fused-ring (bicyclic) bond motifs is 1. The summed E-state index contributed by atoms with van der Waals surface area (Å²) in [4.78, 5) is 7.38. The number of aromatic nitrogens is 2. The third-order valence-corrected chi connectivity index (χ3v) is 3.26. The number of anilines is 2. The van der Waals surface area contributed by atoms with Crippen LogP contribution in [0.1, 0.15) is 5.69 Å². The van der Waals surface area contributed by atoms with Gasteiger partial charge in [0, 0.05) is 22.1 Å². The fourth-order valence-corrected chi connectivity index (χ4v) is 2.29. The van der Waals surface area contributed by atoms with Crippen LogP contribution in [0.3, 0.4) is 0 Å². The van der Waals surface area contributed by atoms with Crippen molar-refractivity contribution in [2.24, 2.45) is 0 Å². The maximum Gasteiger partial charge on any atom is 0.204 e. The zero-order valence-electron chi connectivity index (χ0n) is 9.87. The second-order valence-corrected chi connectivity index (χ2v) is 5.16. The van der Waals surface area contributed by atoms with Crippen LogP contribution in [0.2, 0.25) is 0 Å². The van der Waals surface area contributed by atoms with Crippen LogP contribution >= 0.6 is 15.9 Å². The standard InChI is InChI=1S/C14H12BrN3/c1-9-8-16-14(17-9)18-13-5-3-10-6-12(15)4-2-11(10)7-13/h2-8H,1H3,(H2,16,17,18). The third-order valence-electron chi connectivity index (χ3n) is 2.77. The molecular formula is C14H12BrN3. The lowest BCUT2D eigenvalue weighted by atomic mass is 10.1. The number of aromatic amines is 1. The fourth-order valence-electron chi connectivity index (χ4n) is 1.91. The Kier molecular flexibility index (Phi) is 2.80. The first-order valence-electron chi connectivity index (χ1n) is 5.69. The molecule has 90 valence electrons. The second kappa shape index (κ2) is 4.46. The Balaban J connectivity index is 1.96. The summed E-state index contributed by atoms with van der Waals surface area (Å²) in [6.45, 7) is 1.98. The van der Waals surface area contributed by atoms with E-state index in [0.717, 1.165) is 21.8 Å². The Labute approximate surface area is 113 Å². The van der Waals surface area contributed by atoms with Gasteiger partial charge >= 0.3 is 0 Å². The van der Waals surface area contributed by atoms with E-state index in [1.165, 1.54) is 10.8 Å². The molecule has 0 fully saturated rings. The average Bonchev–Trinajstić information content (AvgIpc) is 2.75. The van der Waals surface area contributed by atoms with Gasteiger partial charge in [-0.05, 0) is 42.0 Å². The molecule has 3 rings (SSSR count). The number of H-pyrrole nitrogens is 1. The summed E-state index contributed by atoms with van der Waals surface area (Å²) in [6.07, 6.45) is 1.81. The van der Waals surface area contributed by atoms with E-state index in [-0.39, 0.29) is 0 Å². The summed E-state index contributed by atoms with van der Waals surface area (Å²) in [5, 5.41) is 5.67. The van der Waals surface area contributed by atoms with E-state index in [4.69, 9.17) is 0 Å². The molecule has 0 aliphatic rings. The summed E-state index contributed by atoms with van der Waals surface area (Å²) < 4.78 is 1.09. The smallest absolute Gasteiger partial charge is 0.204 e. The summed E-state index contributed by atoms with van der Waals surface area (Å²) >= 11 is 3.48. The first-order valence-corrected chi connectivity index (χ1v) is 6.48. The zero-order chi connectivity index (χ0) is 12.5. The van der Waals surface area contributed by atoms with E-state index in [2.05, 4.69) is 55.5 Å². The van der Waals surface area contributed by atoms with E-state index in [1.807, 2.05) is 19.1 Å². The van der Waals surface area contributed by atoms with Crippen molar-refractivity contribution in [3.8, 4) is 0 Å². The van der Waals surface area contributed by atoms with Crippen molar-refractivity contribution in [1.29, 1.82) is 0 Å². The Morgan fingerprint density at radius 2 is 1.89 bits per heavy atom. The lowest BCUT2D eigenvalue weighted by Gasteiger charge is -2.05. The highest BCUT2D eigenvalue weighted by Crippen LogP contribution is 2.24. The van der Waals surface area contributed by atoms with Crippen LogP contribution in [0.5, 0.6) is 0 Å². The molecule has 3 nitrogen and oxygen atoms in total. The summed E-state index contributed by atoms with van der Waals surface area (Å²) in [7, 11) is 0. The maximum absolute atomic E-state index is 4.23. The van der Waals surface area contributed by atoms with Gasteiger partial charge in [0.25, 0.3) is 0 Å². The van der Waals surface area contributed by atoms with Gasteiger partial charge in [0.05, 0.1) is 0 Å². The fraction of sp³-hybridized carbons (Fsp3) is 0.0714. The molecule has 0 bridgehead atoms. The molecule has 4 heteroatoms. The van der Waals surface area contributed by atoms with Crippen LogP contribution in [0.25, 0.3) is 10.8 Å². The van der Waals surface area contributed by atoms with Crippen LogP contribution in [-0.4, -0.2) is 9.97 Å². The van der Waals surface area contributed by atoms with E-state index < -0.39 is 0 Å². The number of benzene rings is 2. The van der Waals surface area contributed by atoms with E-state index >= 15 is 0 Å². The number of halogens is 1. The number of imidazole rings is 1. The first kappa shape index (κ1) is 11.3. The third kappa shape index (κ3) is 2.24. The SMILES string of the molecule is Cc1cnc(Nc2ccc3cc(Br)ccc3c2)[nH]1. The average molecular weight is 302 g/mol. The van der Waals surface area contributed by atoms with E-state index in [0.29, 0.717) is 0 Å². The van der Waals surface area contributed by atoms with Gasteiger partial charge in [0.2, 0.25) is 5.95 Å². The molecule has 18 heavy (non-hydrogen) atoms. The Morgan fingerprint density at radius 1 is 1.11 bits per heavy atom. The number of hydrogen-bond acceptors (Lipinski definition) is 2. The summed E-state index contributed by atoms with van der Waals surface area (Å²) in [6, 6.07) is 12.5. The number of rotatable bonds is 2. The van der Waals surface area contributed by atoms with Gasteiger partial charge in [-0.2, -0.15) is 0 Å². The molecule has 1 aromatic heterocycles. The molecule has 0 amide bonds. The molecule has 0 spiro atoms. The number of aryl methyl sites for hydroxylation is 1. The minimum atomic E-state index is 0.768. The first-order chi connectivity index (χ1) is 8.70. The molecule has 2 aromatic carbocycles. The van der Waals surface area contributed by atoms with Gasteiger partial charge in [0.1, 0.15) is 0 Å². The predicted molar refractivity (Wildman–Crippen MR) is 78.3 cm³/mol. The molecule has 3 aromatic rings. The minimum Gasteiger partial charge on any atom is -0.328 e.